The SMILES string of the molecule is C#CCSCCn1c(=S)[nH]c2cc(I)c(F)cc21. The molecule has 18 heavy (non-hydrogen) atoms. The van der Waals surface area contributed by atoms with E-state index in [4.69, 9.17) is 18.6 Å². The second-order valence-corrected chi connectivity index (χ2v) is 6.28. The lowest BCUT2D eigenvalue weighted by Gasteiger charge is -2.04. The molecule has 1 aromatic heterocycles. The van der Waals surface area contributed by atoms with Gasteiger partial charge in [0.1, 0.15) is 5.82 Å². The van der Waals surface area contributed by atoms with Crippen molar-refractivity contribution in [2.45, 2.75) is 6.54 Å². The number of thioether (sulfide) groups is 1. The molecule has 0 spiro atoms. The minimum atomic E-state index is -0.220. The summed E-state index contributed by atoms with van der Waals surface area (Å²) in [5.74, 6) is 3.90. The number of rotatable bonds is 4. The van der Waals surface area contributed by atoms with Gasteiger partial charge < -0.3 is 9.55 Å². The minimum Gasteiger partial charge on any atom is -0.331 e. The standard InChI is InChI=1S/C12H10FIN2S2/c1-2-4-18-5-3-16-11-6-8(13)9(14)7-10(11)15-12(16)17/h1,6-7H,3-5H2,(H,15,17). The van der Waals surface area contributed by atoms with Crippen LogP contribution in [0.25, 0.3) is 11.0 Å². The molecular formula is C12H10FIN2S2. The van der Waals surface area contributed by atoms with Gasteiger partial charge in [-0.3, -0.25) is 0 Å². The third kappa shape index (κ3) is 2.90. The number of aryl methyl sites for hydroxylation is 1. The Morgan fingerprint density at radius 3 is 3.06 bits per heavy atom. The highest BCUT2D eigenvalue weighted by atomic mass is 127. The Labute approximate surface area is 127 Å². The molecule has 0 saturated carbocycles. The molecule has 2 nitrogen and oxygen atoms in total. The number of fused-ring (bicyclic) bond motifs is 1. The number of hydrogen-bond acceptors (Lipinski definition) is 2. The molecule has 0 saturated heterocycles. The maximum absolute atomic E-state index is 13.6. The molecular weight excluding hydrogens is 382 g/mol. The first-order valence-electron chi connectivity index (χ1n) is 5.22. The van der Waals surface area contributed by atoms with E-state index in [2.05, 4.69) is 10.9 Å². The van der Waals surface area contributed by atoms with Crippen LogP contribution in [0.2, 0.25) is 0 Å². The highest BCUT2D eigenvalue weighted by Gasteiger charge is 2.08. The summed E-state index contributed by atoms with van der Waals surface area (Å²) in [6.07, 6.45) is 5.19. The number of nitrogens with zero attached hydrogens (tertiary/aromatic N) is 1. The van der Waals surface area contributed by atoms with Gasteiger partial charge in [-0.2, -0.15) is 0 Å². The molecule has 0 aliphatic heterocycles. The third-order valence-electron chi connectivity index (χ3n) is 2.46. The van der Waals surface area contributed by atoms with Crippen molar-refractivity contribution in [1.82, 2.24) is 9.55 Å². The smallest absolute Gasteiger partial charge is 0.178 e. The lowest BCUT2D eigenvalue weighted by molar-refractivity contribution is 0.621. The summed E-state index contributed by atoms with van der Waals surface area (Å²) in [4.78, 5) is 3.09. The van der Waals surface area contributed by atoms with E-state index < -0.39 is 0 Å². The molecule has 2 aromatic rings. The summed E-state index contributed by atoms with van der Waals surface area (Å²) >= 11 is 8.88. The predicted molar refractivity (Wildman–Crippen MR) is 86.0 cm³/mol. The molecule has 1 aromatic carbocycles. The molecule has 0 bridgehead atoms. The Kier molecular flexibility index (Phi) is 4.70. The maximum Gasteiger partial charge on any atom is 0.178 e. The van der Waals surface area contributed by atoms with Crippen molar-refractivity contribution >= 4 is 57.6 Å². The zero-order valence-electron chi connectivity index (χ0n) is 9.37. The predicted octanol–water partition coefficient (Wildman–Crippen LogP) is 3.81. The lowest BCUT2D eigenvalue weighted by Crippen LogP contribution is -2.01. The molecule has 0 fully saturated rings. The maximum atomic E-state index is 13.6. The van der Waals surface area contributed by atoms with Gasteiger partial charge in [-0.25, -0.2) is 4.39 Å². The minimum absolute atomic E-state index is 0.220. The zero-order valence-corrected chi connectivity index (χ0v) is 13.2. The summed E-state index contributed by atoms with van der Waals surface area (Å²) < 4.78 is 16.7. The van der Waals surface area contributed by atoms with Crippen molar-refractivity contribution in [3.05, 3.63) is 26.3 Å². The van der Waals surface area contributed by atoms with Crippen LogP contribution in [-0.4, -0.2) is 21.1 Å². The van der Waals surface area contributed by atoms with Crippen LogP contribution in [0.1, 0.15) is 0 Å². The van der Waals surface area contributed by atoms with Crippen LogP contribution in [0.3, 0.4) is 0 Å². The molecule has 2 rings (SSSR count). The molecule has 0 radical (unpaired) electrons. The van der Waals surface area contributed by atoms with Crippen molar-refractivity contribution in [3.63, 3.8) is 0 Å². The molecule has 1 heterocycles. The topological polar surface area (TPSA) is 20.7 Å². The lowest BCUT2D eigenvalue weighted by atomic mass is 10.3. The normalized spacial score (nSPS) is 10.7. The summed E-state index contributed by atoms with van der Waals surface area (Å²) in [6.45, 7) is 0.727. The number of imidazole rings is 1. The number of hydrogen-bond donors (Lipinski definition) is 1. The second-order valence-electron chi connectivity index (χ2n) is 3.62. The second kappa shape index (κ2) is 6.08. The van der Waals surface area contributed by atoms with Crippen LogP contribution in [0, 0.1) is 26.5 Å². The van der Waals surface area contributed by atoms with Crippen molar-refractivity contribution in [2.75, 3.05) is 11.5 Å². The Morgan fingerprint density at radius 2 is 2.33 bits per heavy atom. The molecule has 0 atom stereocenters. The van der Waals surface area contributed by atoms with E-state index in [-0.39, 0.29) is 5.82 Å². The first-order chi connectivity index (χ1) is 8.63. The summed E-state index contributed by atoms with van der Waals surface area (Å²) in [5.41, 5.74) is 1.67. The van der Waals surface area contributed by atoms with E-state index in [9.17, 15) is 4.39 Å². The van der Waals surface area contributed by atoms with Gasteiger partial charge in [0.25, 0.3) is 0 Å². The van der Waals surface area contributed by atoms with Crippen molar-refractivity contribution in [1.29, 1.82) is 0 Å². The molecule has 0 amide bonds. The highest BCUT2D eigenvalue weighted by molar-refractivity contribution is 14.1. The van der Waals surface area contributed by atoms with E-state index in [0.29, 0.717) is 14.1 Å². The number of benzene rings is 1. The van der Waals surface area contributed by atoms with E-state index in [1.54, 1.807) is 17.8 Å². The Hall–Kier alpha value is -0.520. The Balaban J connectivity index is 2.32. The molecule has 6 heteroatoms. The Bertz CT molecular complexity index is 669. The van der Waals surface area contributed by atoms with Crippen LogP contribution in [-0.2, 0) is 6.54 Å². The van der Waals surface area contributed by atoms with E-state index in [1.165, 1.54) is 6.07 Å². The number of H-pyrrole nitrogens is 1. The molecule has 0 unspecified atom stereocenters. The van der Waals surface area contributed by atoms with Crippen molar-refractivity contribution < 1.29 is 4.39 Å². The van der Waals surface area contributed by atoms with Gasteiger partial charge in [0.2, 0.25) is 0 Å². The van der Waals surface area contributed by atoms with Gasteiger partial charge in [-0.1, -0.05) is 5.92 Å². The number of nitrogens with one attached hydrogen (secondary N) is 1. The quantitative estimate of drug-likeness (QED) is 0.370. The van der Waals surface area contributed by atoms with Gasteiger partial charge in [-0.15, -0.1) is 18.2 Å². The third-order valence-corrected chi connectivity index (χ3v) is 4.45. The average Bonchev–Trinajstić information content (AvgIpc) is 2.62. The summed E-state index contributed by atoms with van der Waals surface area (Å²) in [5, 5.41) is 0. The largest absolute Gasteiger partial charge is 0.331 e. The molecule has 0 aliphatic carbocycles. The number of aromatic amines is 1. The average molecular weight is 392 g/mol. The van der Waals surface area contributed by atoms with Crippen molar-refractivity contribution in [2.24, 2.45) is 0 Å². The van der Waals surface area contributed by atoms with E-state index in [0.717, 1.165) is 23.3 Å². The molecule has 0 aliphatic rings. The number of terminal acetylenes is 1. The van der Waals surface area contributed by atoms with Crippen LogP contribution in [0.5, 0.6) is 0 Å². The van der Waals surface area contributed by atoms with Crippen LogP contribution >= 0.6 is 46.6 Å². The fourth-order valence-corrected chi connectivity index (χ4v) is 3.00. The Morgan fingerprint density at radius 1 is 1.56 bits per heavy atom. The highest BCUT2D eigenvalue weighted by Crippen LogP contribution is 2.21. The van der Waals surface area contributed by atoms with Gasteiger partial charge in [0.15, 0.2) is 4.77 Å². The fraction of sp³-hybridized carbons (Fsp3) is 0.250. The van der Waals surface area contributed by atoms with Crippen molar-refractivity contribution in [3.8, 4) is 12.3 Å². The monoisotopic (exact) mass is 392 g/mol. The summed E-state index contributed by atoms with van der Waals surface area (Å²) in [7, 11) is 0. The number of aromatic nitrogens is 2. The van der Waals surface area contributed by atoms with Gasteiger partial charge >= 0.3 is 0 Å². The van der Waals surface area contributed by atoms with Crippen LogP contribution in [0.15, 0.2) is 12.1 Å². The van der Waals surface area contributed by atoms with Crippen LogP contribution < -0.4 is 0 Å². The zero-order chi connectivity index (χ0) is 13.1. The summed E-state index contributed by atoms with van der Waals surface area (Å²) in [6, 6.07) is 3.29. The first-order valence-corrected chi connectivity index (χ1v) is 7.86. The molecule has 94 valence electrons. The van der Waals surface area contributed by atoms with E-state index >= 15 is 0 Å². The number of halogens is 2. The van der Waals surface area contributed by atoms with Gasteiger partial charge in [0, 0.05) is 18.4 Å². The van der Waals surface area contributed by atoms with E-state index in [1.807, 2.05) is 27.2 Å². The molecule has 1 N–H and O–H groups in total. The van der Waals surface area contributed by atoms with Gasteiger partial charge in [-0.05, 0) is 40.9 Å². The van der Waals surface area contributed by atoms with Crippen LogP contribution in [0.4, 0.5) is 4.39 Å². The first kappa shape index (κ1) is 13.9. The van der Waals surface area contributed by atoms with Gasteiger partial charge in [0.05, 0.1) is 20.4 Å². The fourth-order valence-electron chi connectivity index (χ4n) is 1.66.